The molecule has 0 unspecified atom stereocenters. The summed E-state index contributed by atoms with van der Waals surface area (Å²) in [6, 6.07) is 7.60. The van der Waals surface area contributed by atoms with E-state index in [-0.39, 0.29) is 5.91 Å². The summed E-state index contributed by atoms with van der Waals surface area (Å²) in [6.07, 6.45) is 4.69. The van der Waals surface area contributed by atoms with Gasteiger partial charge in [0.15, 0.2) is 0 Å². The molecule has 1 aromatic rings. The fourth-order valence-electron chi connectivity index (χ4n) is 2.25. The number of carbonyl (C=O) groups excluding carboxylic acids is 1. The van der Waals surface area contributed by atoms with E-state index in [1.807, 2.05) is 24.3 Å². The van der Waals surface area contributed by atoms with Crippen molar-refractivity contribution in [3.8, 4) is 5.75 Å². The second-order valence-corrected chi connectivity index (χ2v) is 4.94. The molecule has 20 heavy (non-hydrogen) atoms. The highest BCUT2D eigenvalue weighted by atomic mass is 16.5. The second kappa shape index (κ2) is 7.70. The van der Waals surface area contributed by atoms with Crippen molar-refractivity contribution in [3.05, 3.63) is 41.5 Å². The largest absolute Gasteiger partial charge is 0.497 e. The van der Waals surface area contributed by atoms with Crippen LogP contribution in [-0.4, -0.2) is 32.7 Å². The highest BCUT2D eigenvalue weighted by Crippen LogP contribution is 2.12. The van der Waals surface area contributed by atoms with Crippen LogP contribution in [0.2, 0.25) is 0 Å². The molecule has 0 spiro atoms. The van der Waals surface area contributed by atoms with Gasteiger partial charge >= 0.3 is 0 Å². The molecule has 0 saturated heterocycles. The van der Waals surface area contributed by atoms with Crippen LogP contribution >= 0.6 is 0 Å². The van der Waals surface area contributed by atoms with Crippen molar-refractivity contribution in [2.24, 2.45) is 0 Å². The summed E-state index contributed by atoms with van der Waals surface area (Å²) in [5.41, 5.74) is 2.44. The third-order valence-electron chi connectivity index (χ3n) is 3.45. The first kappa shape index (κ1) is 14.6. The van der Waals surface area contributed by atoms with Crippen LogP contribution < -0.4 is 15.4 Å². The van der Waals surface area contributed by atoms with Crippen LogP contribution in [0.15, 0.2) is 35.9 Å². The smallest absolute Gasteiger partial charge is 0.224 e. The van der Waals surface area contributed by atoms with Crippen molar-refractivity contribution in [1.82, 2.24) is 10.6 Å². The van der Waals surface area contributed by atoms with Gasteiger partial charge in [0.2, 0.25) is 5.91 Å². The molecular weight excluding hydrogens is 252 g/mol. The first-order valence-electron chi connectivity index (χ1n) is 7.06. The third kappa shape index (κ3) is 4.70. The van der Waals surface area contributed by atoms with Crippen molar-refractivity contribution < 1.29 is 9.53 Å². The molecule has 0 aliphatic carbocycles. The van der Waals surface area contributed by atoms with Gasteiger partial charge in [-0.15, -0.1) is 0 Å². The van der Waals surface area contributed by atoms with Crippen LogP contribution in [-0.2, 0) is 11.2 Å². The molecule has 0 bridgehead atoms. The Labute approximate surface area is 120 Å². The van der Waals surface area contributed by atoms with E-state index in [0.717, 1.165) is 43.8 Å². The Morgan fingerprint density at radius 1 is 1.35 bits per heavy atom. The van der Waals surface area contributed by atoms with E-state index in [2.05, 4.69) is 16.7 Å². The normalized spacial score (nSPS) is 14.6. The van der Waals surface area contributed by atoms with Gasteiger partial charge in [-0.05, 0) is 37.1 Å². The molecule has 2 N–H and O–H groups in total. The zero-order valence-electron chi connectivity index (χ0n) is 11.9. The number of methoxy groups -OCH3 is 1. The first-order chi connectivity index (χ1) is 9.78. The van der Waals surface area contributed by atoms with Gasteiger partial charge < -0.3 is 15.4 Å². The fraction of sp³-hybridized carbons (Fsp3) is 0.438. The van der Waals surface area contributed by atoms with E-state index in [1.54, 1.807) is 7.11 Å². The van der Waals surface area contributed by atoms with Crippen LogP contribution in [0.4, 0.5) is 0 Å². The van der Waals surface area contributed by atoms with Gasteiger partial charge in [0.05, 0.1) is 13.5 Å². The van der Waals surface area contributed by atoms with Gasteiger partial charge in [0.25, 0.3) is 0 Å². The number of carbonyl (C=O) groups is 1. The van der Waals surface area contributed by atoms with Crippen LogP contribution in [0, 0.1) is 0 Å². The molecule has 1 aliphatic heterocycles. The average molecular weight is 274 g/mol. The van der Waals surface area contributed by atoms with Crippen LogP contribution in [0.25, 0.3) is 0 Å². The Balaban J connectivity index is 1.70. The Kier molecular flexibility index (Phi) is 5.62. The maximum Gasteiger partial charge on any atom is 0.224 e. The summed E-state index contributed by atoms with van der Waals surface area (Å²) in [6.45, 7) is 2.72. The molecule has 1 aromatic carbocycles. The Hall–Kier alpha value is -1.81. The van der Waals surface area contributed by atoms with Gasteiger partial charge in [0.1, 0.15) is 5.75 Å². The van der Waals surface area contributed by atoms with E-state index >= 15 is 0 Å². The fourth-order valence-corrected chi connectivity index (χ4v) is 2.25. The SMILES string of the molecule is COc1ccc(CC(=O)NCCC2=CCNCC2)cc1. The number of hydrogen-bond acceptors (Lipinski definition) is 3. The highest BCUT2D eigenvalue weighted by molar-refractivity contribution is 5.78. The lowest BCUT2D eigenvalue weighted by atomic mass is 10.1. The molecule has 0 radical (unpaired) electrons. The number of benzene rings is 1. The maximum atomic E-state index is 11.8. The monoisotopic (exact) mass is 274 g/mol. The molecule has 0 saturated carbocycles. The molecule has 1 amide bonds. The van der Waals surface area contributed by atoms with Gasteiger partial charge in [-0.3, -0.25) is 4.79 Å². The van der Waals surface area contributed by atoms with Crippen LogP contribution in [0.1, 0.15) is 18.4 Å². The zero-order valence-corrected chi connectivity index (χ0v) is 11.9. The topological polar surface area (TPSA) is 50.4 Å². The summed E-state index contributed by atoms with van der Waals surface area (Å²) in [4.78, 5) is 11.8. The Morgan fingerprint density at radius 3 is 2.80 bits per heavy atom. The highest BCUT2D eigenvalue weighted by Gasteiger charge is 2.05. The molecule has 4 heteroatoms. The van der Waals surface area contributed by atoms with Crippen molar-refractivity contribution in [1.29, 1.82) is 0 Å². The molecule has 0 fully saturated rings. The van der Waals surface area contributed by atoms with Gasteiger partial charge in [-0.2, -0.15) is 0 Å². The van der Waals surface area contributed by atoms with Crippen LogP contribution in [0.5, 0.6) is 5.75 Å². The lowest BCUT2D eigenvalue weighted by Gasteiger charge is -2.14. The molecule has 1 aliphatic rings. The van der Waals surface area contributed by atoms with Gasteiger partial charge in [-0.1, -0.05) is 23.8 Å². The lowest BCUT2D eigenvalue weighted by molar-refractivity contribution is -0.120. The molecular formula is C16H22N2O2. The number of amides is 1. The predicted octanol–water partition coefficient (Wildman–Crippen LogP) is 1.66. The van der Waals surface area contributed by atoms with E-state index in [1.165, 1.54) is 5.57 Å². The number of rotatable bonds is 6. The number of ether oxygens (including phenoxy) is 1. The molecule has 0 aromatic heterocycles. The van der Waals surface area contributed by atoms with Crippen molar-refractivity contribution in [3.63, 3.8) is 0 Å². The zero-order chi connectivity index (χ0) is 14.2. The summed E-state index contributed by atoms with van der Waals surface area (Å²) >= 11 is 0. The lowest BCUT2D eigenvalue weighted by Crippen LogP contribution is -2.27. The number of nitrogens with one attached hydrogen (secondary N) is 2. The Bertz CT molecular complexity index is 466. The minimum atomic E-state index is 0.0738. The summed E-state index contributed by atoms with van der Waals surface area (Å²) < 4.78 is 5.09. The minimum absolute atomic E-state index is 0.0738. The summed E-state index contributed by atoms with van der Waals surface area (Å²) in [7, 11) is 1.64. The van der Waals surface area contributed by atoms with E-state index < -0.39 is 0 Å². The predicted molar refractivity (Wildman–Crippen MR) is 79.9 cm³/mol. The summed E-state index contributed by atoms with van der Waals surface area (Å²) in [5.74, 6) is 0.886. The molecule has 108 valence electrons. The average Bonchev–Trinajstić information content (AvgIpc) is 2.49. The van der Waals surface area contributed by atoms with E-state index in [0.29, 0.717) is 6.42 Å². The van der Waals surface area contributed by atoms with Crippen molar-refractivity contribution in [2.45, 2.75) is 19.3 Å². The van der Waals surface area contributed by atoms with Crippen molar-refractivity contribution in [2.75, 3.05) is 26.7 Å². The summed E-state index contributed by atoms with van der Waals surface area (Å²) in [5, 5.41) is 6.26. The maximum absolute atomic E-state index is 11.8. The Morgan fingerprint density at radius 2 is 2.15 bits per heavy atom. The van der Waals surface area contributed by atoms with Gasteiger partial charge in [-0.25, -0.2) is 0 Å². The quantitative estimate of drug-likeness (QED) is 0.776. The van der Waals surface area contributed by atoms with E-state index in [4.69, 9.17) is 4.74 Å². The van der Waals surface area contributed by atoms with Crippen LogP contribution in [0.3, 0.4) is 0 Å². The third-order valence-corrected chi connectivity index (χ3v) is 3.45. The standard InChI is InChI=1S/C16H22N2O2/c1-20-15-4-2-14(3-5-15)12-16(19)18-11-8-13-6-9-17-10-7-13/h2-6,17H,7-12H2,1H3,(H,18,19). The molecule has 1 heterocycles. The van der Waals surface area contributed by atoms with E-state index in [9.17, 15) is 4.79 Å². The molecule has 2 rings (SSSR count). The molecule has 0 atom stereocenters. The minimum Gasteiger partial charge on any atom is -0.497 e. The number of hydrogen-bond donors (Lipinski definition) is 2. The second-order valence-electron chi connectivity index (χ2n) is 4.94. The molecule has 4 nitrogen and oxygen atoms in total. The first-order valence-corrected chi connectivity index (χ1v) is 7.06. The van der Waals surface area contributed by atoms with Crippen molar-refractivity contribution >= 4 is 5.91 Å². The van der Waals surface area contributed by atoms with Gasteiger partial charge in [0, 0.05) is 13.1 Å².